The fourth-order valence-electron chi connectivity index (χ4n) is 2.62. The summed E-state index contributed by atoms with van der Waals surface area (Å²) >= 11 is 0. The average Bonchev–Trinajstić information content (AvgIpc) is 3.15. The number of nitrogens with one attached hydrogen (secondary N) is 1. The second kappa shape index (κ2) is 8.31. The molecule has 1 aromatic heterocycles. The van der Waals surface area contributed by atoms with E-state index in [-0.39, 0.29) is 18.4 Å². The zero-order valence-electron chi connectivity index (χ0n) is 15.4. The SMILES string of the molecule is Cc1ccc(C(=O)NCC(=O)N(C)Cc2cnn(-c3ccccc3)c2)cc1. The summed E-state index contributed by atoms with van der Waals surface area (Å²) in [6.07, 6.45) is 3.63. The van der Waals surface area contributed by atoms with Crippen molar-refractivity contribution in [2.75, 3.05) is 13.6 Å². The van der Waals surface area contributed by atoms with Gasteiger partial charge in [-0.2, -0.15) is 5.10 Å². The summed E-state index contributed by atoms with van der Waals surface area (Å²) in [4.78, 5) is 26.0. The first-order valence-corrected chi connectivity index (χ1v) is 8.71. The van der Waals surface area contributed by atoms with Gasteiger partial charge in [0.2, 0.25) is 5.91 Å². The van der Waals surface area contributed by atoms with Gasteiger partial charge in [0.25, 0.3) is 5.91 Å². The summed E-state index contributed by atoms with van der Waals surface area (Å²) in [7, 11) is 1.71. The molecule has 6 heteroatoms. The van der Waals surface area contributed by atoms with Crippen molar-refractivity contribution in [3.63, 3.8) is 0 Å². The number of carbonyl (C=O) groups excluding carboxylic acids is 2. The van der Waals surface area contributed by atoms with E-state index in [0.717, 1.165) is 16.8 Å². The van der Waals surface area contributed by atoms with E-state index in [4.69, 9.17) is 0 Å². The van der Waals surface area contributed by atoms with Gasteiger partial charge < -0.3 is 10.2 Å². The number of para-hydroxylation sites is 1. The minimum Gasteiger partial charge on any atom is -0.343 e. The molecule has 3 rings (SSSR count). The molecule has 0 saturated carbocycles. The Morgan fingerprint density at radius 3 is 2.48 bits per heavy atom. The van der Waals surface area contributed by atoms with Gasteiger partial charge in [-0.05, 0) is 31.2 Å². The number of carbonyl (C=O) groups is 2. The molecule has 2 amide bonds. The molecule has 2 aromatic carbocycles. The largest absolute Gasteiger partial charge is 0.343 e. The zero-order chi connectivity index (χ0) is 19.2. The second-order valence-electron chi connectivity index (χ2n) is 6.43. The van der Waals surface area contributed by atoms with Gasteiger partial charge in [-0.25, -0.2) is 4.68 Å². The van der Waals surface area contributed by atoms with Crippen LogP contribution in [0.4, 0.5) is 0 Å². The van der Waals surface area contributed by atoms with Crippen LogP contribution in [0, 0.1) is 6.92 Å². The lowest BCUT2D eigenvalue weighted by Crippen LogP contribution is -2.37. The van der Waals surface area contributed by atoms with E-state index in [1.54, 1.807) is 35.0 Å². The van der Waals surface area contributed by atoms with Crippen molar-refractivity contribution in [2.24, 2.45) is 0 Å². The van der Waals surface area contributed by atoms with Gasteiger partial charge in [0.05, 0.1) is 18.4 Å². The lowest BCUT2D eigenvalue weighted by atomic mass is 10.1. The minimum absolute atomic E-state index is 0.0456. The van der Waals surface area contributed by atoms with Gasteiger partial charge >= 0.3 is 0 Å². The molecule has 3 aromatic rings. The molecule has 6 nitrogen and oxygen atoms in total. The number of benzene rings is 2. The third kappa shape index (κ3) is 4.82. The zero-order valence-corrected chi connectivity index (χ0v) is 15.4. The van der Waals surface area contributed by atoms with Crippen molar-refractivity contribution in [1.82, 2.24) is 20.0 Å². The van der Waals surface area contributed by atoms with Crippen molar-refractivity contribution >= 4 is 11.8 Å². The minimum atomic E-state index is -0.256. The van der Waals surface area contributed by atoms with Crippen molar-refractivity contribution < 1.29 is 9.59 Å². The molecular formula is C21H22N4O2. The smallest absolute Gasteiger partial charge is 0.251 e. The van der Waals surface area contributed by atoms with Crippen molar-refractivity contribution in [3.05, 3.63) is 83.7 Å². The Morgan fingerprint density at radius 1 is 1.07 bits per heavy atom. The summed E-state index contributed by atoms with van der Waals surface area (Å²) in [5, 5.41) is 6.99. The molecule has 27 heavy (non-hydrogen) atoms. The van der Waals surface area contributed by atoms with Gasteiger partial charge in [0.1, 0.15) is 0 Å². The van der Waals surface area contributed by atoms with Gasteiger partial charge in [-0.15, -0.1) is 0 Å². The topological polar surface area (TPSA) is 67.2 Å². The third-order valence-electron chi connectivity index (χ3n) is 4.22. The lowest BCUT2D eigenvalue weighted by Gasteiger charge is -2.16. The van der Waals surface area contributed by atoms with Gasteiger partial charge in [0, 0.05) is 30.9 Å². The molecule has 1 N–H and O–H groups in total. The highest BCUT2D eigenvalue weighted by Gasteiger charge is 2.13. The van der Waals surface area contributed by atoms with Crippen LogP contribution in [0.1, 0.15) is 21.5 Å². The predicted octanol–water partition coefficient (Wildman–Crippen LogP) is 2.57. The Balaban J connectivity index is 1.53. The number of hydrogen-bond donors (Lipinski definition) is 1. The average molecular weight is 362 g/mol. The van der Waals surface area contributed by atoms with Crippen molar-refractivity contribution in [2.45, 2.75) is 13.5 Å². The molecular weight excluding hydrogens is 340 g/mol. The highest BCUT2D eigenvalue weighted by molar-refractivity contribution is 5.96. The summed E-state index contributed by atoms with van der Waals surface area (Å²) in [6, 6.07) is 17.0. The summed E-state index contributed by atoms with van der Waals surface area (Å²) in [6.45, 7) is 2.34. The number of hydrogen-bond acceptors (Lipinski definition) is 3. The van der Waals surface area contributed by atoms with Crippen LogP contribution >= 0.6 is 0 Å². The molecule has 0 saturated heterocycles. The van der Waals surface area contributed by atoms with E-state index in [2.05, 4.69) is 10.4 Å². The van der Waals surface area contributed by atoms with Crippen LogP contribution in [-0.4, -0.2) is 40.1 Å². The van der Waals surface area contributed by atoms with Crippen LogP contribution < -0.4 is 5.32 Å². The van der Waals surface area contributed by atoms with Crippen LogP contribution in [0.5, 0.6) is 0 Å². The Labute approximate surface area is 158 Å². The molecule has 0 atom stereocenters. The quantitative estimate of drug-likeness (QED) is 0.733. The highest BCUT2D eigenvalue weighted by atomic mass is 16.2. The first-order chi connectivity index (χ1) is 13.0. The summed E-state index contributed by atoms with van der Waals surface area (Å²) < 4.78 is 1.77. The van der Waals surface area contributed by atoms with E-state index < -0.39 is 0 Å². The fraction of sp³-hybridized carbons (Fsp3) is 0.190. The Kier molecular flexibility index (Phi) is 5.66. The maximum atomic E-state index is 12.3. The van der Waals surface area contributed by atoms with Gasteiger partial charge in [-0.3, -0.25) is 9.59 Å². The molecule has 0 bridgehead atoms. The predicted molar refractivity (Wildman–Crippen MR) is 104 cm³/mol. The van der Waals surface area contributed by atoms with E-state index >= 15 is 0 Å². The molecule has 138 valence electrons. The van der Waals surface area contributed by atoms with E-state index in [1.165, 1.54) is 0 Å². The molecule has 0 aliphatic rings. The molecule has 0 aliphatic carbocycles. The fourth-order valence-corrected chi connectivity index (χ4v) is 2.62. The molecule has 0 spiro atoms. The number of rotatable bonds is 6. The Morgan fingerprint density at radius 2 is 1.78 bits per heavy atom. The maximum absolute atomic E-state index is 12.3. The first kappa shape index (κ1) is 18.4. The van der Waals surface area contributed by atoms with Gasteiger partial charge in [-0.1, -0.05) is 35.9 Å². The Bertz CT molecular complexity index is 917. The molecule has 0 aliphatic heterocycles. The Hall–Kier alpha value is -3.41. The molecule has 1 heterocycles. The van der Waals surface area contributed by atoms with Crippen LogP contribution in [0.25, 0.3) is 5.69 Å². The van der Waals surface area contributed by atoms with E-state index in [9.17, 15) is 9.59 Å². The van der Waals surface area contributed by atoms with Crippen LogP contribution in [0.15, 0.2) is 67.0 Å². The first-order valence-electron chi connectivity index (χ1n) is 8.71. The normalized spacial score (nSPS) is 10.4. The second-order valence-corrected chi connectivity index (χ2v) is 6.43. The lowest BCUT2D eigenvalue weighted by molar-refractivity contribution is -0.129. The monoisotopic (exact) mass is 362 g/mol. The van der Waals surface area contributed by atoms with Crippen molar-refractivity contribution in [1.29, 1.82) is 0 Å². The van der Waals surface area contributed by atoms with E-state index in [0.29, 0.717) is 12.1 Å². The number of nitrogens with zero attached hydrogens (tertiary/aromatic N) is 3. The maximum Gasteiger partial charge on any atom is 0.251 e. The standard InChI is InChI=1S/C21H22N4O2/c1-16-8-10-18(11-9-16)21(27)22-13-20(26)24(2)14-17-12-23-25(15-17)19-6-4-3-5-7-19/h3-12,15H,13-14H2,1-2H3,(H,22,27). The summed E-state index contributed by atoms with van der Waals surface area (Å²) in [5.41, 5.74) is 3.50. The van der Waals surface area contributed by atoms with Crippen LogP contribution in [-0.2, 0) is 11.3 Å². The van der Waals surface area contributed by atoms with Crippen LogP contribution in [0.3, 0.4) is 0 Å². The number of amides is 2. The molecule has 0 radical (unpaired) electrons. The van der Waals surface area contributed by atoms with Gasteiger partial charge in [0.15, 0.2) is 0 Å². The number of likely N-dealkylation sites (N-methyl/N-ethyl adjacent to an activating group) is 1. The third-order valence-corrected chi connectivity index (χ3v) is 4.22. The van der Waals surface area contributed by atoms with Crippen LogP contribution in [0.2, 0.25) is 0 Å². The summed E-state index contributed by atoms with van der Waals surface area (Å²) in [5.74, 6) is -0.420. The highest BCUT2D eigenvalue weighted by Crippen LogP contribution is 2.09. The van der Waals surface area contributed by atoms with Crippen molar-refractivity contribution in [3.8, 4) is 5.69 Å². The molecule has 0 fully saturated rings. The molecule has 0 unspecified atom stereocenters. The van der Waals surface area contributed by atoms with E-state index in [1.807, 2.05) is 55.6 Å². The number of aryl methyl sites for hydroxylation is 1. The number of aromatic nitrogens is 2.